The molecule has 0 aromatic heterocycles. The highest BCUT2D eigenvalue weighted by atomic mass is 19.1. The number of rotatable bonds is 1. The SMILES string of the molecule is CN1CC[C@H](F)[C@H]1CO. The molecule has 0 spiro atoms. The minimum atomic E-state index is -0.819. The van der Waals surface area contributed by atoms with Crippen LogP contribution in [0.25, 0.3) is 0 Å². The molecular formula is C6H12FNO. The van der Waals surface area contributed by atoms with Gasteiger partial charge in [-0.05, 0) is 13.5 Å². The van der Waals surface area contributed by atoms with Crippen molar-refractivity contribution in [1.29, 1.82) is 0 Å². The molecule has 2 nitrogen and oxygen atoms in total. The Morgan fingerprint density at radius 3 is 2.67 bits per heavy atom. The molecule has 1 fully saturated rings. The average molecular weight is 133 g/mol. The number of aliphatic hydroxyl groups excluding tert-OH is 1. The second-order valence-corrected chi connectivity index (χ2v) is 2.54. The average Bonchev–Trinajstić information content (AvgIpc) is 2.12. The molecule has 54 valence electrons. The smallest absolute Gasteiger partial charge is 0.119 e. The second-order valence-electron chi connectivity index (χ2n) is 2.54. The largest absolute Gasteiger partial charge is 0.395 e. The Kier molecular flexibility index (Phi) is 2.03. The van der Waals surface area contributed by atoms with E-state index in [2.05, 4.69) is 0 Å². The summed E-state index contributed by atoms with van der Waals surface area (Å²) in [5, 5.41) is 8.63. The predicted octanol–water partition coefficient (Wildman–Crippen LogP) is 0.0209. The van der Waals surface area contributed by atoms with E-state index in [1.165, 1.54) is 0 Å². The highest BCUT2D eigenvalue weighted by Crippen LogP contribution is 2.17. The lowest BCUT2D eigenvalue weighted by Crippen LogP contribution is -2.33. The summed E-state index contributed by atoms with van der Waals surface area (Å²) in [4.78, 5) is 1.85. The number of hydrogen-bond acceptors (Lipinski definition) is 2. The fourth-order valence-corrected chi connectivity index (χ4v) is 1.22. The van der Waals surface area contributed by atoms with E-state index < -0.39 is 6.17 Å². The Morgan fingerprint density at radius 2 is 2.44 bits per heavy atom. The van der Waals surface area contributed by atoms with E-state index in [-0.39, 0.29) is 12.6 Å². The standard InChI is InChI=1S/C6H12FNO/c1-8-3-2-5(7)6(8)4-9/h5-6,9H,2-4H2,1H3/t5-,6+/m0/s1. The molecule has 1 aliphatic rings. The molecule has 1 aliphatic heterocycles. The molecule has 2 atom stereocenters. The van der Waals surface area contributed by atoms with Gasteiger partial charge in [-0.1, -0.05) is 0 Å². The molecule has 0 amide bonds. The Labute approximate surface area is 54.3 Å². The number of halogens is 1. The zero-order valence-corrected chi connectivity index (χ0v) is 5.55. The van der Waals surface area contributed by atoms with Gasteiger partial charge in [-0.25, -0.2) is 4.39 Å². The third-order valence-electron chi connectivity index (χ3n) is 1.93. The summed E-state index contributed by atoms with van der Waals surface area (Å²) in [7, 11) is 1.83. The maximum absolute atomic E-state index is 12.6. The Bertz CT molecular complexity index is 89.1. The lowest BCUT2D eigenvalue weighted by molar-refractivity contribution is 0.135. The van der Waals surface area contributed by atoms with Crippen molar-refractivity contribution in [3.8, 4) is 0 Å². The lowest BCUT2D eigenvalue weighted by Gasteiger charge is -2.17. The molecular weight excluding hydrogens is 121 g/mol. The molecule has 0 aromatic carbocycles. The number of likely N-dealkylation sites (N-methyl/N-ethyl adjacent to an activating group) is 1. The van der Waals surface area contributed by atoms with Crippen molar-refractivity contribution < 1.29 is 9.50 Å². The van der Waals surface area contributed by atoms with Gasteiger partial charge in [0.2, 0.25) is 0 Å². The molecule has 0 bridgehead atoms. The van der Waals surface area contributed by atoms with Crippen LogP contribution in [0.15, 0.2) is 0 Å². The van der Waals surface area contributed by atoms with E-state index in [0.29, 0.717) is 6.42 Å². The van der Waals surface area contributed by atoms with E-state index in [4.69, 9.17) is 5.11 Å². The van der Waals surface area contributed by atoms with Crippen LogP contribution < -0.4 is 0 Å². The zero-order chi connectivity index (χ0) is 6.85. The van der Waals surface area contributed by atoms with Crippen LogP contribution in [0.5, 0.6) is 0 Å². The highest BCUT2D eigenvalue weighted by molar-refractivity contribution is 4.84. The molecule has 1 rings (SSSR count). The summed E-state index contributed by atoms with van der Waals surface area (Å²) in [6, 6.07) is -0.245. The number of alkyl halides is 1. The van der Waals surface area contributed by atoms with Crippen LogP contribution >= 0.6 is 0 Å². The molecule has 0 aromatic rings. The van der Waals surface area contributed by atoms with E-state index in [9.17, 15) is 4.39 Å². The third-order valence-corrected chi connectivity index (χ3v) is 1.93. The molecule has 0 aliphatic carbocycles. The maximum Gasteiger partial charge on any atom is 0.119 e. The van der Waals surface area contributed by atoms with Crippen molar-refractivity contribution in [3.05, 3.63) is 0 Å². The van der Waals surface area contributed by atoms with E-state index in [0.717, 1.165) is 6.54 Å². The summed E-state index contributed by atoms with van der Waals surface area (Å²) in [5.74, 6) is 0. The summed E-state index contributed by atoms with van der Waals surface area (Å²) >= 11 is 0. The van der Waals surface area contributed by atoms with Gasteiger partial charge in [-0.15, -0.1) is 0 Å². The van der Waals surface area contributed by atoms with Crippen molar-refractivity contribution in [2.45, 2.75) is 18.6 Å². The fourth-order valence-electron chi connectivity index (χ4n) is 1.22. The predicted molar refractivity (Wildman–Crippen MR) is 33.0 cm³/mol. The van der Waals surface area contributed by atoms with E-state index in [1.54, 1.807) is 0 Å². The molecule has 9 heavy (non-hydrogen) atoms. The lowest BCUT2D eigenvalue weighted by atomic mass is 10.2. The van der Waals surface area contributed by atoms with Gasteiger partial charge in [0.05, 0.1) is 12.6 Å². The number of hydrogen-bond donors (Lipinski definition) is 1. The Hall–Kier alpha value is -0.150. The summed E-state index contributed by atoms with van der Waals surface area (Å²) in [6.07, 6.45) is -0.248. The molecule has 0 saturated carbocycles. The van der Waals surface area contributed by atoms with Crippen LogP contribution in [0.4, 0.5) is 4.39 Å². The molecule has 1 heterocycles. The Morgan fingerprint density at radius 1 is 1.78 bits per heavy atom. The van der Waals surface area contributed by atoms with Crippen LogP contribution in [-0.2, 0) is 0 Å². The maximum atomic E-state index is 12.6. The van der Waals surface area contributed by atoms with Gasteiger partial charge in [0.1, 0.15) is 6.17 Å². The summed E-state index contributed by atoms with van der Waals surface area (Å²) < 4.78 is 12.6. The third kappa shape index (κ3) is 1.22. The topological polar surface area (TPSA) is 23.5 Å². The molecule has 0 radical (unpaired) electrons. The van der Waals surface area contributed by atoms with Gasteiger partial charge in [-0.2, -0.15) is 0 Å². The monoisotopic (exact) mass is 133 g/mol. The van der Waals surface area contributed by atoms with Gasteiger partial charge in [0.25, 0.3) is 0 Å². The van der Waals surface area contributed by atoms with Crippen LogP contribution in [0, 0.1) is 0 Å². The van der Waals surface area contributed by atoms with Crippen LogP contribution in [0.3, 0.4) is 0 Å². The zero-order valence-electron chi connectivity index (χ0n) is 5.55. The van der Waals surface area contributed by atoms with Crippen LogP contribution in [0.1, 0.15) is 6.42 Å². The molecule has 0 unspecified atom stereocenters. The van der Waals surface area contributed by atoms with Gasteiger partial charge >= 0.3 is 0 Å². The van der Waals surface area contributed by atoms with Crippen LogP contribution in [-0.4, -0.2) is 42.4 Å². The number of likely N-dealkylation sites (tertiary alicyclic amines) is 1. The number of aliphatic hydroxyl groups is 1. The fraction of sp³-hybridized carbons (Fsp3) is 1.00. The minimum absolute atomic E-state index is 0.0579. The normalized spacial score (nSPS) is 37.7. The second kappa shape index (κ2) is 2.62. The Balaban J connectivity index is 2.44. The first-order valence-corrected chi connectivity index (χ1v) is 3.21. The van der Waals surface area contributed by atoms with Crippen molar-refractivity contribution in [1.82, 2.24) is 4.90 Å². The van der Waals surface area contributed by atoms with E-state index >= 15 is 0 Å². The quantitative estimate of drug-likeness (QED) is 0.545. The molecule has 3 heteroatoms. The number of nitrogens with zero attached hydrogens (tertiary/aromatic N) is 1. The summed E-state index contributed by atoms with van der Waals surface area (Å²) in [5.41, 5.74) is 0. The van der Waals surface area contributed by atoms with E-state index in [1.807, 2.05) is 11.9 Å². The first-order chi connectivity index (χ1) is 4.25. The van der Waals surface area contributed by atoms with Gasteiger partial charge in [-0.3, -0.25) is 4.90 Å². The van der Waals surface area contributed by atoms with Crippen molar-refractivity contribution in [3.63, 3.8) is 0 Å². The van der Waals surface area contributed by atoms with Crippen molar-refractivity contribution >= 4 is 0 Å². The van der Waals surface area contributed by atoms with Gasteiger partial charge in [0.15, 0.2) is 0 Å². The van der Waals surface area contributed by atoms with Crippen LogP contribution in [0.2, 0.25) is 0 Å². The van der Waals surface area contributed by atoms with Gasteiger partial charge < -0.3 is 5.11 Å². The molecule has 1 saturated heterocycles. The molecule has 1 N–H and O–H groups in total. The van der Waals surface area contributed by atoms with Gasteiger partial charge in [0, 0.05) is 6.54 Å². The van der Waals surface area contributed by atoms with Crippen molar-refractivity contribution in [2.24, 2.45) is 0 Å². The summed E-state index contributed by atoms with van der Waals surface area (Å²) in [6.45, 7) is 0.712. The first-order valence-electron chi connectivity index (χ1n) is 3.21. The highest BCUT2D eigenvalue weighted by Gasteiger charge is 2.30. The minimum Gasteiger partial charge on any atom is -0.395 e. The van der Waals surface area contributed by atoms with Crippen molar-refractivity contribution in [2.75, 3.05) is 20.2 Å². The first kappa shape index (κ1) is 6.96.